The first kappa shape index (κ1) is 19.6. The van der Waals surface area contributed by atoms with Gasteiger partial charge in [0.15, 0.2) is 0 Å². The standard InChI is InChI=1S/C18H25ClN2O4S/c19-16-5-7-17(8-6-16)26(23,24)20-13-14-1-3-15(4-2-14)18(22)21-9-11-25-12-10-21/h5-8,14-15,20H,1-4,9-13H2. The maximum atomic E-state index is 12.5. The average Bonchev–Trinajstić information content (AvgIpc) is 2.67. The first-order chi connectivity index (χ1) is 12.5. The zero-order chi connectivity index (χ0) is 18.6. The highest BCUT2D eigenvalue weighted by molar-refractivity contribution is 7.89. The highest BCUT2D eigenvalue weighted by Crippen LogP contribution is 2.30. The summed E-state index contributed by atoms with van der Waals surface area (Å²) in [6.45, 7) is 3.00. The quantitative estimate of drug-likeness (QED) is 0.822. The molecular weight excluding hydrogens is 376 g/mol. The van der Waals surface area contributed by atoms with Gasteiger partial charge >= 0.3 is 0 Å². The molecule has 1 N–H and O–H groups in total. The molecular formula is C18H25ClN2O4S. The Kier molecular flexibility index (Phi) is 6.55. The molecule has 1 saturated heterocycles. The van der Waals surface area contributed by atoms with E-state index >= 15 is 0 Å². The first-order valence-corrected chi connectivity index (χ1v) is 10.9. The van der Waals surface area contributed by atoms with Gasteiger partial charge in [0.1, 0.15) is 0 Å². The molecule has 1 aromatic rings. The smallest absolute Gasteiger partial charge is 0.240 e. The molecule has 0 atom stereocenters. The highest BCUT2D eigenvalue weighted by atomic mass is 35.5. The van der Waals surface area contributed by atoms with Gasteiger partial charge in [0.25, 0.3) is 0 Å². The van der Waals surface area contributed by atoms with Gasteiger partial charge in [-0.3, -0.25) is 4.79 Å². The van der Waals surface area contributed by atoms with Crippen LogP contribution in [0, 0.1) is 11.8 Å². The molecule has 1 saturated carbocycles. The van der Waals surface area contributed by atoms with E-state index in [0.717, 1.165) is 25.7 Å². The van der Waals surface area contributed by atoms with Gasteiger partial charge in [-0.2, -0.15) is 0 Å². The molecule has 0 unspecified atom stereocenters. The molecule has 1 heterocycles. The van der Waals surface area contributed by atoms with E-state index in [0.29, 0.717) is 37.9 Å². The van der Waals surface area contributed by atoms with Crippen molar-refractivity contribution in [2.24, 2.45) is 11.8 Å². The van der Waals surface area contributed by atoms with E-state index in [1.807, 2.05) is 4.90 Å². The van der Waals surface area contributed by atoms with Gasteiger partial charge in [-0.05, 0) is 55.9 Å². The van der Waals surface area contributed by atoms with E-state index in [1.165, 1.54) is 12.1 Å². The van der Waals surface area contributed by atoms with Crippen LogP contribution in [0.4, 0.5) is 0 Å². The molecule has 0 aromatic heterocycles. The van der Waals surface area contributed by atoms with Crippen LogP contribution in [0.3, 0.4) is 0 Å². The molecule has 1 aliphatic carbocycles. The molecule has 6 nitrogen and oxygen atoms in total. The molecule has 2 fully saturated rings. The van der Waals surface area contributed by atoms with Crippen LogP contribution >= 0.6 is 11.6 Å². The zero-order valence-corrected chi connectivity index (χ0v) is 16.3. The predicted octanol–water partition coefficient (Wildman–Crippen LogP) is 2.28. The van der Waals surface area contributed by atoms with E-state index in [2.05, 4.69) is 4.72 Å². The molecule has 0 bridgehead atoms. The van der Waals surface area contributed by atoms with E-state index in [4.69, 9.17) is 16.3 Å². The van der Waals surface area contributed by atoms with Crippen LogP contribution in [-0.4, -0.2) is 52.1 Å². The number of hydrogen-bond donors (Lipinski definition) is 1. The van der Waals surface area contributed by atoms with Crippen molar-refractivity contribution in [1.29, 1.82) is 0 Å². The fourth-order valence-electron chi connectivity index (χ4n) is 3.58. The second kappa shape index (κ2) is 8.69. The average molecular weight is 401 g/mol. The minimum Gasteiger partial charge on any atom is -0.378 e. The molecule has 1 amide bonds. The second-order valence-corrected chi connectivity index (χ2v) is 9.16. The molecule has 8 heteroatoms. The largest absolute Gasteiger partial charge is 0.378 e. The topological polar surface area (TPSA) is 75.7 Å². The van der Waals surface area contributed by atoms with E-state index in [1.54, 1.807) is 12.1 Å². The van der Waals surface area contributed by atoms with Crippen molar-refractivity contribution in [2.75, 3.05) is 32.8 Å². The Labute approximate surface area is 159 Å². The van der Waals surface area contributed by atoms with Crippen LogP contribution in [0.15, 0.2) is 29.2 Å². The number of carbonyl (C=O) groups is 1. The van der Waals surface area contributed by atoms with Gasteiger partial charge < -0.3 is 9.64 Å². The lowest BCUT2D eigenvalue weighted by molar-refractivity contribution is -0.140. The van der Waals surface area contributed by atoms with Crippen LogP contribution < -0.4 is 4.72 Å². The van der Waals surface area contributed by atoms with Gasteiger partial charge in [-0.25, -0.2) is 13.1 Å². The Balaban J connectivity index is 1.46. The van der Waals surface area contributed by atoms with E-state index < -0.39 is 10.0 Å². The number of sulfonamides is 1. The Morgan fingerprint density at radius 1 is 1.12 bits per heavy atom. The number of ether oxygens (including phenoxy) is 1. The van der Waals surface area contributed by atoms with Gasteiger partial charge in [0.05, 0.1) is 18.1 Å². The minimum atomic E-state index is -3.52. The molecule has 1 aliphatic heterocycles. The fraction of sp³-hybridized carbons (Fsp3) is 0.611. The number of nitrogens with one attached hydrogen (secondary N) is 1. The summed E-state index contributed by atoms with van der Waals surface area (Å²) < 4.78 is 32.7. The van der Waals surface area contributed by atoms with Gasteiger partial charge in [0.2, 0.25) is 15.9 Å². The summed E-state index contributed by atoms with van der Waals surface area (Å²) in [7, 11) is -3.52. The Bertz CT molecular complexity index is 709. The maximum absolute atomic E-state index is 12.5. The number of rotatable bonds is 5. The molecule has 26 heavy (non-hydrogen) atoms. The fourth-order valence-corrected chi connectivity index (χ4v) is 4.82. The molecule has 3 rings (SSSR count). The Morgan fingerprint density at radius 2 is 1.73 bits per heavy atom. The van der Waals surface area contributed by atoms with Gasteiger partial charge in [0, 0.05) is 30.6 Å². The van der Waals surface area contributed by atoms with Crippen LogP contribution in [-0.2, 0) is 19.6 Å². The maximum Gasteiger partial charge on any atom is 0.240 e. The lowest BCUT2D eigenvalue weighted by atomic mass is 9.81. The van der Waals surface area contributed by atoms with Crippen molar-refractivity contribution in [3.05, 3.63) is 29.3 Å². The summed E-state index contributed by atoms with van der Waals surface area (Å²) in [6, 6.07) is 6.14. The summed E-state index contributed by atoms with van der Waals surface area (Å²) in [5, 5.41) is 0.507. The van der Waals surface area contributed by atoms with Gasteiger partial charge in [-0.15, -0.1) is 0 Å². The lowest BCUT2D eigenvalue weighted by Gasteiger charge is -2.34. The zero-order valence-electron chi connectivity index (χ0n) is 14.7. The van der Waals surface area contributed by atoms with Crippen molar-refractivity contribution >= 4 is 27.5 Å². The Morgan fingerprint density at radius 3 is 2.35 bits per heavy atom. The van der Waals surface area contributed by atoms with E-state index in [-0.39, 0.29) is 22.6 Å². The number of amides is 1. The second-order valence-electron chi connectivity index (χ2n) is 6.96. The van der Waals surface area contributed by atoms with Crippen molar-refractivity contribution in [1.82, 2.24) is 9.62 Å². The van der Waals surface area contributed by atoms with E-state index in [9.17, 15) is 13.2 Å². The minimum absolute atomic E-state index is 0.0669. The number of benzene rings is 1. The van der Waals surface area contributed by atoms with Gasteiger partial charge in [-0.1, -0.05) is 11.6 Å². The lowest BCUT2D eigenvalue weighted by Crippen LogP contribution is -2.44. The number of hydrogen-bond acceptors (Lipinski definition) is 4. The molecule has 0 spiro atoms. The summed E-state index contributed by atoms with van der Waals surface area (Å²) in [6.07, 6.45) is 3.38. The normalized spacial score (nSPS) is 24.4. The number of halogens is 1. The summed E-state index contributed by atoms with van der Waals surface area (Å²) in [5.41, 5.74) is 0. The van der Waals surface area contributed by atoms with Crippen molar-refractivity contribution in [3.63, 3.8) is 0 Å². The van der Waals surface area contributed by atoms with Crippen LogP contribution in [0.1, 0.15) is 25.7 Å². The van der Waals surface area contributed by atoms with Crippen LogP contribution in [0.5, 0.6) is 0 Å². The summed E-state index contributed by atoms with van der Waals surface area (Å²) in [5.74, 6) is 0.566. The first-order valence-electron chi connectivity index (χ1n) is 9.07. The summed E-state index contributed by atoms with van der Waals surface area (Å²) in [4.78, 5) is 14.7. The molecule has 1 aromatic carbocycles. The number of nitrogens with zero attached hydrogens (tertiary/aromatic N) is 1. The third-order valence-corrected chi connectivity index (χ3v) is 6.90. The SMILES string of the molecule is O=C(C1CCC(CNS(=O)(=O)c2ccc(Cl)cc2)CC1)N1CCOCC1. The van der Waals surface area contributed by atoms with Crippen molar-refractivity contribution in [3.8, 4) is 0 Å². The molecule has 0 radical (unpaired) electrons. The third-order valence-electron chi connectivity index (χ3n) is 5.20. The molecule has 144 valence electrons. The predicted molar refractivity (Wildman–Crippen MR) is 99.5 cm³/mol. The number of morpholine rings is 1. The number of carbonyl (C=O) groups excluding carboxylic acids is 1. The van der Waals surface area contributed by atoms with Crippen molar-refractivity contribution in [2.45, 2.75) is 30.6 Å². The third kappa shape index (κ3) is 4.97. The highest BCUT2D eigenvalue weighted by Gasteiger charge is 2.30. The summed E-state index contributed by atoms with van der Waals surface area (Å²) >= 11 is 5.80. The van der Waals surface area contributed by atoms with Crippen LogP contribution in [0.2, 0.25) is 5.02 Å². The van der Waals surface area contributed by atoms with Crippen molar-refractivity contribution < 1.29 is 17.9 Å². The Hall–Kier alpha value is -1.15. The molecule has 2 aliphatic rings. The van der Waals surface area contributed by atoms with Crippen LogP contribution in [0.25, 0.3) is 0 Å². The monoisotopic (exact) mass is 400 g/mol.